The fourth-order valence-electron chi connectivity index (χ4n) is 4.44. The molecule has 5 nitrogen and oxygen atoms in total. The summed E-state index contributed by atoms with van der Waals surface area (Å²) < 4.78 is 71.9. The average molecular weight is 504 g/mol. The summed E-state index contributed by atoms with van der Waals surface area (Å²) in [4.78, 5) is 0. The van der Waals surface area contributed by atoms with Crippen LogP contribution in [-0.2, 0) is 16.6 Å². The minimum Gasteiger partial charge on any atom is -0.347 e. The third-order valence-electron chi connectivity index (χ3n) is 6.33. The Morgan fingerprint density at radius 1 is 1.14 bits per heavy atom. The number of alkyl halides is 3. The molecule has 0 amide bonds. The summed E-state index contributed by atoms with van der Waals surface area (Å²) in [6.45, 7) is 6.36. The van der Waals surface area contributed by atoms with Gasteiger partial charge in [0.1, 0.15) is 6.04 Å². The summed E-state index contributed by atoms with van der Waals surface area (Å²) in [6.07, 6.45) is -1.97. The summed E-state index contributed by atoms with van der Waals surface area (Å²) in [5.74, 6) is 0. The van der Waals surface area contributed by atoms with Crippen LogP contribution in [0.25, 0.3) is 22.0 Å². The summed E-state index contributed by atoms with van der Waals surface area (Å²) in [5.41, 5.74) is 2.02. The number of aromatic nitrogens is 1. The number of rotatable bonds is 6. The smallest absolute Gasteiger partial charge is 0.347 e. The third kappa shape index (κ3) is 5.24. The van der Waals surface area contributed by atoms with Gasteiger partial charge in [-0.15, -0.1) is 0 Å². The minimum absolute atomic E-state index is 0.125. The van der Waals surface area contributed by atoms with Gasteiger partial charge in [0.25, 0.3) is 0 Å². The molecule has 0 spiro atoms. The highest BCUT2D eigenvalue weighted by Crippen LogP contribution is 2.41. The summed E-state index contributed by atoms with van der Waals surface area (Å²) >= 11 is 0. The van der Waals surface area contributed by atoms with Gasteiger partial charge < -0.3 is 4.57 Å². The summed E-state index contributed by atoms with van der Waals surface area (Å²) in [7, 11) is -4.12. The Labute approximate surface area is 203 Å². The van der Waals surface area contributed by atoms with Crippen molar-refractivity contribution in [3.63, 3.8) is 0 Å². The monoisotopic (exact) mass is 503 g/mol. The van der Waals surface area contributed by atoms with Crippen LogP contribution in [0, 0.1) is 16.7 Å². The van der Waals surface area contributed by atoms with Gasteiger partial charge in [0.2, 0.25) is 10.0 Å². The zero-order valence-corrected chi connectivity index (χ0v) is 20.7. The zero-order valence-electron chi connectivity index (χ0n) is 19.9. The van der Waals surface area contributed by atoms with Gasteiger partial charge in [0.05, 0.1) is 16.9 Å². The van der Waals surface area contributed by atoms with Gasteiger partial charge in [-0.2, -0.15) is 23.2 Å². The molecule has 1 aliphatic rings. The van der Waals surface area contributed by atoms with Gasteiger partial charge in [-0.1, -0.05) is 57.5 Å². The van der Waals surface area contributed by atoms with E-state index in [-0.39, 0.29) is 11.0 Å². The predicted molar refractivity (Wildman–Crippen MR) is 130 cm³/mol. The second-order valence-electron chi connectivity index (χ2n) is 10.4. The van der Waals surface area contributed by atoms with Crippen molar-refractivity contribution >= 4 is 20.9 Å². The van der Waals surface area contributed by atoms with Crippen LogP contribution in [0.4, 0.5) is 13.2 Å². The number of nitrogens with zero attached hydrogens (tertiary/aromatic N) is 2. The van der Waals surface area contributed by atoms with Crippen LogP contribution in [-0.4, -0.2) is 24.4 Å². The second-order valence-corrected chi connectivity index (χ2v) is 12.3. The molecular weight excluding hydrogens is 475 g/mol. The van der Waals surface area contributed by atoms with Gasteiger partial charge in [0, 0.05) is 29.2 Å². The maximum Gasteiger partial charge on any atom is 0.408 e. The average Bonchev–Trinajstić information content (AvgIpc) is 3.05. The molecule has 2 aromatic carbocycles. The van der Waals surface area contributed by atoms with E-state index in [9.17, 15) is 26.9 Å². The first-order valence-corrected chi connectivity index (χ1v) is 13.0. The number of hydrogen-bond acceptors (Lipinski definition) is 3. The van der Waals surface area contributed by atoms with Crippen molar-refractivity contribution in [1.82, 2.24) is 9.29 Å². The van der Waals surface area contributed by atoms with Crippen LogP contribution in [0.15, 0.2) is 48.7 Å². The summed E-state index contributed by atoms with van der Waals surface area (Å²) in [5, 5.41) is 9.04. The highest BCUT2D eigenvalue weighted by atomic mass is 32.2. The maximum atomic E-state index is 14.3. The fraction of sp³-hybridized carbons (Fsp3) is 0.423. The molecule has 3 aromatic rings. The molecule has 1 saturated carbocycles. The minimum atomic E-state index is -4.82. The van der Waals surface area contributed by atoms with Gasteiger partial charge >= 0.3 is 6.18 Å². The molecule has 0 bridgehead atoms. The predicted octanol–water partition coefficient (Wildman–Crippen LogP) is 6.30. The van der Waals surface area contributed by atoms with Crippen LogP contribution >= 0.6 is 0 Å². The van der Waals surface area contributed by atoms with Gasteiger partial charge in [-0.3, -0.25) is 0 Å². The van der Waals surface area contributed by atoms with Crippen molar-refractivity contribution in [3.05, 3.63) is 59.8 Å². The van der Waals surface area contributed by atoms with Crippen LogP contribution in [0.5, 0.6) is 0 Å². The molecule has 1 heterocycles. The Hall–Kier alpha value is -2.83. The Kier molecular flexibility index (Phi) is 6.49. The van der Waals surface area contributed by atoms with Crippen LogP contribution in [0.2, 0.25) is 0 Å². The molecule has 35 heavy (non-hydrogen) atoms. The van der Waals surface area contributed by atoms with E-state index in [1.807, 2.05) is 25.5 Å². The van der Waals surface area contributed by atoms with Crippen molar-refractivity contribution < 1.29 is 21.6 Å². The molecule has 1 aromatic heterocycles. The molecule has 1 fully saturated rings. The number of benzene rings is 2. The molecular formula is C26H28F3N3O2S. The van der Waals surface area contributed by atoms with E-state index in [4.69, 9.17) is 0 Å². The van der Waals surface area contributed by atoms with Crippen molar-refractivity contribution in [2.24, 2.45) is 5.41 Å². The van der Waals surface area contributed by atoms with Crippen LogP contribution in [0.1, 0.15) is 57.2 Å². The number of nitrogens with one attached hydrogen (secondary N) is 1. The SMILES string of the molecule is CC(C)(C)Cn1cc([C@H](NS(=O)(=O)C2CCC2)C(F)(F)F)c2ccc(-c3ccccc3C#N)cc21. The molecule has 1 N–H and O–H groups in total. The number of hydrogen-bond donors (Lipinski definition) is 1. The van der Waals surface area contributed by atoms with E-state index >= 15 is 0 Å². The lowest BCUT2D eigenvalue weighted by Gasteiger charge is -2.29. The topological polar surface area (TPSA) is 74.9 Å². The molecule has 0 unspecified atom stereocenters. The lowest BCUT2D eigenvalue weighted by Crippen LogP contribution is -2.44. The third-order valence-corrected chi connectivity index (χ3v) is 8.24. The van der Waals surface area contributed by atoms with Gasteiger partial charge in [0.15, 0.2) is 0 Å². The molecule has 4 rings (SSSR count). The number of halogens is 3. The molecule has 0 saturated heterocycles. The van der Waals surface area contributed by atoms with E-state index in [2.05, 4.69) is 6.07 Å². The maximum absolute atomic E-state index is 14.3. The Balaban J connectivity index is 1.89. The van der Waals surface area contributed by atoms with E-state index in [1.54, 1.807) is 47.0 Å². The first-order valence-electron chi connectivity index (χ1n) is 11.5. The normalized spacial score (nSPS) is 16.1. The van der Waals surface area contributed by atoms with Crippen molar-refractivity contribution in [2.75, 3.05) is 0 Å². The lowest BCUT2D eigenvalue weighted by molar-refractivity contribution is -0.152. The van der Waals surface area contributed by atoms with E-state index in [0.717, 1.165) is 0 Å². The van der Waals surface area contributed by atoms with Crippen molar-refractivity contribution in [2.45, 2.75) is 64.0 Å². The Bertz CT molecular complexity index is 1390. The number of sulfonamides is 1. The van der Waals surface area contributed by atoms with Crippen molar-refractivity contribution in [3.8, 4) is 17.2 Å². The number of nitriles is 1. The summed E-state index contributed by atoms with van der Waals surface area (Å²) in [6, 6.07) is 11.9. The standard InChI is InChI=1S/C26H28F3N3O2S/c1-25(2,3)16-32-15-22(24(26(27,28)29)31-35(33,34)19-8-6-9-19)21-12-11-17(13-23(21)32)20-10-5-4-7-18(20)14-30/h4-5,7,10-13,15,19,24,31H,6,8-9,16H2,1-3H3/t24-/m0/s1. The van der Waals surface area contributed by atoms with E-state index < -0.39 is 27.5 Å². The molecule has 0 radical (unpaired) electrons. The fourth-order valence-corrected chi connectivity index (χ4v) is 6.18. The Morgan fingerprint density at radius 3 is 2.40 bits per heavy atom. The quantitative estimate of drug-likeness (QED) is 0.429. The van der Waals surface area contributed by atoms with Gasteiger partial charge in [-0.05, 0) is 41.5 Å². The Morgan fingerprint density at radius 2 is 1.83 bits per heavy atom. The largest absolute Gasteiger partial charge is 0.408 e. The molecule has 186 valence electrons. The van der Waals surface area contributed by atoms with Crippen LogP contribution in [0.3, 0.4) is 0 Å². The molecule has 9 heteroatoms. The second kappa shape index (κ2) is 8.99. The van der Waals surface area contributed by atoms with E-state index in [1.165, 1.54) is 6.20 Å². The molecule has 1 atom stereocenters. The molecule has 0 aliphatic heterocycles. The zero-order chi connectivity index (χ0) is 25.6. The lowest BCUT2D eigenvalue weighted by atomic mass is 9.96. The first-order chi connectivity index (χ1) is 16.3. The van der Waals surface area contributed by atoms with Crippen molar-refractivity contribution in [1.29, 1.82) is 5.26 Å². The highest BCUT2D eigenvalue weighted by molar-refractivity contribution is 7.90. The van der Waals surface area contributed by atoms with Crippen LogP contribution < -0.4 is 4.72 Å². The first kappa shape index (κ1) is 25.3. The van der Waals surface area contributed by atoms with E-state index in [0.29, 0.717) is 53.4 Å². The molecule has 1 aliphatic carbocycles. The highest BCUT2D eigenvalue weighted by Gasteiger charge is 2.46. The van der Waals surface area contributed by atoms with Gasteiger partial charge in [-0.25, -0.2) is 8.42 Å². The number of fused-ring (bicyclic) bond motifs is 1.